The van der Waals surface area contributed by atoms with Crippen molar-refractivity contribution in [1.29, 1.82) is 0 Å². The summed E-state index contributed by atoms with van der Waals surface area (Å²) in [6.07, 6.45) is 2.52. The molecule has 0 spiro atoms. The molecule has 1 unspecified atom stereocenters. The molecule has 1 heterocycles. The molecule has 0 radical (unpaired) electrons. The van der Waals surface area contributed by atoms with Gasteiger partial charge in [-0.05, 0) is 38.4 Å². The van der Waals surface area contributed by atoms with Gasteiger partial charge in [-0.1, -0.05) is 18.2 Å². The number of hydrogen-bond donors (Lipinski definition) is 1. The van der Waals surface area contributed by atoms with E-state index < -0.39 is 0 Å². The van der Waals surface area contributed by atoms with Gasteiger partial charge in [0, 0.05) is 24.9 Å². The van der Waals surface area contributed by atoms with E-state index in [4.69, 9.17) is 4.74 Å². The number of ether oxygens (including phenoxy) is 1. The van der Waals surface area contributed by atoms with Gasteiger partial charge in [-0.15, -0.1) is 0 Å². The van der Waals surface area contributed by atoms with E-state index in [-0.39, 0.29) is 5.91 Å². The van der Waals surface area contributed by atoms with Gasteiger partial charge in [-0.2, -0.15) is 0 Å². The van der Waals surface area contributed by atoms with Crippen LogP contribution in [-0.4, -0.2) is 32.7 Å². The Bertz CT molecular complexity index is 448. The van der Waals surface area contributed by atoms with Crippen LogP contribution >= 0.6 is 0 Å². The number of fused-ring (bicyclic) bond motifs is 1. The van der Waals surface area contributed by atoms with Crippen LogP contribution in [0.2, 0.25) is 0 Å². The first-order valence-corrected chi connectivity index (χ1v) is 7.42. The van der Waals surface area contributed by atoms with Crippen LogP contribution in [0.15, 0.2) is 24.3 Å². The summed E-state index contributed by atoms with van der Waals surface area (Å²) in [5, 5.41) is 3.35. The number of nitrogens with zero attached hydrogens (tertiary/aromatic N) is 1. The highest BCUT2D eigenvalue weighted by molar-refractivity contribution is 5.94. The van der Waals surface area contributed by atoms with Crippen LogP contribution in [0.3, 0.4) is 0 Å². The second-order valence-electron chi connectivity index (χ2n) is 5.03. The van der Waals surface area contributed by atoms with Crippen LogP contribution in [-0.2, 0) is 9.53 Å². The molecular weight excluding hydrogens is 252 g/mol. The second-order valence-corrected chi connectivity index (χ2v) is 5.03. The number of anilines is 1. The van der Waals surface area contributed by atoms with Crippen LogP contribution < -0.4 is 10.2 Å². The van der Waals surface area contributed by atoms with Gasteiger partial charge in [-0.25, -0.2) is 0 Å². The fourth-order valence-corrected chi connectivity index (χ4v) is 2.76. The molecule has 4 nitrogen and oxygen atoms in total. The molecule has 1 atom stereocenters. The van der Waals surface area contributed by atoms with Gasteiger partial charge in [0.25, 0.3) is 0 Å². The zero-order valence-electron chi connectivity index (χ0n) is 12.4. The molecule has 0 saturated carbocycles. The predicted octanol–water partition coefficient (Wildman–Crippen LogP) is 2.50. The third kappa shape index (κ3) is 3.38. The average molecular weight is 276 g/mol. The number of rotatable bonds is 5. The summed E-state index contributed by atoms with van der Waals surface area (Å²) >= 11 is 0. The zero-order valence-corrected chi connectivity index (χ0v) is 12.4. The fraction of sp³-hybridized carbons (Fsp3) is 0.562. The van der Waals surface area contributed by atoms with Crippen molar-refractivity contribution in [2.24, 2.45) is 0 Å². The molecule has 0 aliphatic carbocycles. The molecule has 0 bridgehead atoms. The van der Waals surface area contributed by atoms with E-state index in [2.05, 4.69) is 11.4 Å². The maximum atomic E-state index is 12.4. The Hall–Kier alpha value is -1.39. The van der Waals surface area contributed by atoms with Crippen LogP contribution in [0.5, 0.6) is 0 Å². The quantitative estimate of drug-likeness (QED) is 0.840. The molecular formula is C16H24N2O2. The first-order valence-electron chi connectivity index (χ1n) is 7.42. The minimum atomic E-state index is 0.155. The molecule has 0 aromatic heterocycles. The summed E-state index contributed by atoms with van der Waals surface area (Å²) in [7, 11) is 1.98. The summed E-state index contributed by atoms with van der Waals surface area (Å²) in [5.74, 6) is 0.155. The third-order valence-corrected chi connectivity index (χ3v) is 3.79. The number of nitrogens with one attached hydrogen (secondary N) is 1. The molecule has 1 amide bonds. The van der Waals surface area contributed by atoms with E-state index in [1.54, 1.807) is 0 Å². The highest BCUT2D eigenvalue weighted by atomic mass is 16.5. The maximum Gasteiger partial charge on any atom is 0.229 e. The predicted molar refractivity (Wildman–Crippen MR) is 80.9 cm³/mol. The molecule has 1 aromatic carbocycles. The number of carbonyl (C=O) groups is 1. The van der Waals surface area contributed by atoms with Gasteiger partial charge >= 0.3 is 0 Å². The zero-order chi connectivity index (χ0) is 14.4. The summed E-state index contributed by atoms with van der Waals surface area (Å²) in [6, 6.07) is 8.53. The topological polar surface area (TPSA) is 41.6 Å². The Morgan fingerprint density at radius 1 is 1.45 bits per heavy atom. The lowest BCUT2D eigenvalue weighted by Crippen LogP contribution is -2.32. The van der Waals surface area contributed by atoms with Crippen molar-refractivity contribution in [3.8, 4) is 0 Å². The van der Waals surface area contributed by atoms with Crippen LogP contribution in [0.4, 0.5) is 5.69 Å². The maximum absolute atomic E-state index is 12.4. The van der Waals surface area contributed by atoms with Gasteiger partial charge in [0.05, 0.1) is 13.0 Å². The lowest BCUT2D eigenvalue weighted by molar-refractivity contribution is -0.119. The third-order valence-electron chi connectivity index (χ3n) is 3.79. The lowest BCUT2D eigenvalue weighted by atomic mass is 10.0. The van der Waals surface area contributed by atoms with Crippen molar-refractivity contribution in [3.05, 3.63) is 29.8 Å². The van der Waals surface area contributed by atoms with Crippen molar-refractivity contribution in [1.82, 2.24) is 5.32 Å². The van der Waals surface area contributed by atoms with Crippen LogP contribution in [0, 0.1) is 0 Å². The average Bonchev–Trinajstić information content (AvgIpc) is 2.66. The first kappa shape index (κ1) is 15.0. The van der Waals surface area contributed by atoms with Gasteiger partial charge in [0.1, 0.15) is 0 Å². The molecule has 4 heteroatoms. The molecule has 1 N–H and O–H groups in total. The normalized spacial score (nSPS) is 18.5. The molecule has 110 valence electrons. The molecule has 0 fully saturated rings. The molecule has 1 aromatic rings. The minimum absolute atomic E-state index is 0.155. The van der Waals surface area contributed by atoms with E-state index in [0.29, 0.717) is 25.7 Å². The Labute approximate surface area is 121 Å². The van der Waals surface area contributed by atoms with Crippen molar-refractivity contribution >= 4 is 11.6 Å². The first-order chi connectivity index (χ1) is 9.77. The standard InChI is InChI=1S/C16H24N2O2/c1-3-20-12-10-16(19)18-11-6-8-14(17-2)13-7-4-5-9-15(13)18/h4-5,7,9,14,17H,3,6,8,10-12H2,1-2H3. The second kappa shape index (κ2) is 7.41. The van der Waals surface area contributed by atoms with Gasteiger partial charge in [0.2, 0.25) is 5.91 Å². The van der Waals surface area contributed by atoms with E-state index >= 15 is 0 Å². The Balaban J connectivity index is 2.18. The summed E-state index contributed by atoms with van der Waals surface area (Å²) in [5.41, 5.74) is 2.27. The van der Waals surface area contributed by atoms with E-state index in [1.165, 1.54) is 5.56 Å². The molecule has 1 aliphatic rings. The Kier molecular flexibility index (Phi) is 5.56. The Morgan fingerprint density at radius 3 is 3.00 bits per heavy atom. The molecule has 2 rings (SSSR count). The number of carbonyl (C=O) groups excluding carboxylic acids is 1. The molecule has 20 heavy (non-hydrogen) atoms. The van der Waals surface area contributed by atoms with Crippen LogP contribution in [0.25, 0.3) is 0 Å². The van der Waals surface area contributed by atoms with Crippen LogP contribution in [0.1, 0.15) is 37.8 Å². The highest BCUT2D eigenvalue weighted by Gasteiger charge is 2.24. The van der Waals surface area contributed by atoms with Gasteiger partial charge < -0.3 is 15.0 Å². The SMILES string of the molecule is CCOCCC(=O)N1CCCC(NC)c2ccccc21. The lowest BCUT2D eigenvalue weighted by Gasteiger charge is -2.24. The summed E-state index contributed by atoms with van der Waals surface area (Å²) in [4.78, 5) is 14.3. The largest absolute Gasteiger partial charge is 0.381 e. The molecule has 1 aliphatic heterocycles. The number of hydrogen-bond acceptors (Lipinski definition) is 3. The van der Waals surface area contributed by atoms with Gasteiger partial charge in [-0.3, -0.25) is 4.79 Å². The van der Waals surface area contributed by atoms with Gasteiger partial charge in [0.15, 0.2) is 0 Å². The minimum Gasteiger partial charge on any atom is -0.381 e. The van der Waals surface area contributed by atoms with Crippen molar-refractivity contribution < 1.29 is 9.53 Å². The number of para-hydroxylation sites is 1. The monoisotopic (exact) mass is 276 g/mol. The summed E-state index contributed by atoms with van der Waals surface area (Å²) < 4.78 is 5.30. The highest BCUT2D eigenvalue weighted by Crippen LogP contribution is 2.32. The Morgan fingerprint density at radius 2 is 2.25 bits per heavy atom. The number of benzene rings is 1. The smallest absolute Gasteiger partial charge is 0.229 e. The van der Waals surface area contributed by atoms with E-state index in [1.807, 2.05) is 37.1 Å². The van der Waals surface area contributed by atoms with E-state index in [9.17, 15) is 4.79 Å². The summed E-state index contributed by atoms with van der Waals surface area (Å²) in [6.45, 7) is 3.90. The van der Waals surface area contributed by atoms with Crippen molar-refractivity contribution in [2.75, 3.05) is 31.7 Å². The van der Waals surface area contributed by atoms with Crippen molar-refractivity contribution in [3.63, 3.8) is 0 Å². The molecule has 0 saturated heterocycles. The number of amides is 1. The fourth-order valence-electron chi connectivity index (χ4n) is 2.76. The van der Waals surface area contributed by atoms with E-state index in [0.717, 1.165) is 25.1 Å². The van der Waals surface area contributed by atoms with Crippen molar-refractivity contribution in [2.45, 2.75) is 32.2 Å².